The Morgan fingerprint density at radius 3 is 2.48 bits per heavy atom. The van der Waals surface area contributed by atoms with E-state index >= 15 is 0 Å². The Morgan fingerprint density at radius 1 is 1.03 bits per heavy atom. The zero-order valence-corrected chi connectivity index (χ0v) is 18.4. The van der Waals surface area contributed by atoms with Crippen molar-refractivity contribution in [3.63, 3.8) is 0 Å². The average molecular weight is 441 g/mol. The van der Waals surface area contributed by atoms with Gasteiger partial charge < -0.3 is 19.4 Å². The van der Waals surface area contributed by atoms with Crippen LogP contribution in [-0.2, 0) is 16.6 Å². The van der Waals surface area contributed by atoms with Crippen LogP contribution in [0.1, 0.15) is 24.2 Å². The van der Waals surface area contributed by atoms with Crippen molar-refractivity contribution < 1.29 is 19.1 Å². The summed E-state index contributed by atoms with van der Waals surface area (Å²) < 4.78 is 12.5. The lowest BCUT2D eigenvalue weighted by Gasteiger charge is -2.10. The molecular weight excluding hydrogens is 416 g/mol. The first-order valence-electron chi connectivity index (χ1n) is 9.84. The van der Waals surface area contributed by atoms with Gasteiger partial charge in [0, 0.05) is 12.7 Å². The van der Waals surface area contributed by atoms with E-state index in [1.165, 1.54) is 11.8 Å². The Balaban J connectivity index is 1.61. The van der Waals surface area contributed by atoms with Gasteiger partial charge in [0.1, 0.15) is 5.75 Å². The maximum atomic E-state index is 12.3. The summed E-state index contributed by atoms with van der Waals surface area (Å²) in [5.74, 6) is 0.995. The SMILES string of the molecule is CCOC(=O)c1ccc(NC(=O)CSc2nnc(-c3ccccc3OCC)n2C)cc1. The minimum absolute atomic E-state index is 0.165. The summed E-state index contributed by atoms with van der Waals surface area (Å²) in [7, 11) is 1.85. The highest BCUT2D eigenvalue weighted by Gasteiger charge is 2.16. The lowest BCUT2D eigenvalue weighted by molar-refractivity contribution is -0.113. The van der Waals surface area contributed by atoms with E-state index in [2.05, 4.69) is 15.5 Å². The molecule has 0 aliphatic carbocycles. The molecule has 31 heavy (non-hydrogen) atoms. The van der Waals surface area contributed by atoms with Gasteiger partial charge in [0.05, 0.1) is 30.1 Å². The number of rotatable bonds is 9. The number of carbonyl (C=O) groups excluding carboxylic acids is 2. The van der Waals surface area contributed by atoms with Crippen molar-refractivity contribution in [3.8, 4) is 17.1 Å². The maximum absolute atomic E-state index is 12.3. The van der Waals surface area contributed by atoms with Crippen LogP contribution < -0.4 is 10.1 Å². The van der Waals surface area contributed by atoms with Crippen LogP contribution in [0.15, 0.2) is 53.7 Å². The molecule has 0 aliphatic heterocycles. The zero-order valence-electron chi connectivity index (χ0n) is 17.6. The van der Waals surface area contributed by atoms with Crippen molar-refractivity contribution in [2.75, 3.05) is 24.3 Å². The average Bonchev–Trinajstić information content (AvgIpc) is 3.14. The van der Waals surface area contributed by atoms with Crippen LogP contribution in [0.3, 0.4) is 0 Å². The number of carbonyl (C=O) groups is 2. The highest BCUT2D eigenvalue weighted by atomic mass is 32.2. The van der Waals surface area contributed by atoms with Crippen molar-refractivity contribution in [2.24, 2.45) is 7.05 Å². The zero-order chi connectivity index (χ0) is 22.2. The van der Waals surface area contributed by atoms with Gasteiger partial charge in [-0.3, -0.25) is 4.79 Å². The number of anilines is 1. The number of nitrogens with one attached hydrogen (secondary N) is 1. The third-order valence-corrected chi connectivity index (χ3v) is 5.30. The second-order valence-electron chi connectivity index (χ2n) is 6.43. The summed E-state index contributed by atoms with van der Waals surface area (Å²) in [6.45, 7) is 4.55. The standard InChI is InChI=1S/C22H24N4O4S/c1-4-29-18-9-7-6-8-17(18)20-24-25-22(26(20)3)31-14-19(27)23-16-12-10-15(11-13-16)21(28)30-5-2/h6-13H,4-5,14H2,1-3H3,(H,23,27). The first kappa shape index (κ1) is 22.4. The molecule has 0 saturated heterocycles. The van der Waals surface area contributed by atoms with E-state index in [1.54, 1.807) is 31.2 Å². The highest BCUT2D eigenvalue weighted by molar-refractivity contribution is 7.99. The molecule has 3 rings (SSSR count). The molecule has 0 radical (unpaired) electrons. The molecule has 0 unspecified atom stereocenters. The van der Waals surface area contributed by atoms with Crippen molar-refractivity contribution in [2.45, 2.75) is 19.0 Å². The summed E-state index contributed by atoms with van der Waals surface area (Å²) in [4.78, 5) is 24.0. The molecule has 2 aromatic carbocycles. The fraction of sp³-hybridized carbons (Fsp3) is 0.273. The molecule has 8 nitrogen and oxygen atoms in total. The van der Waals surface area contributed by atoms with E-state index in [0.717, 1.165) is 11.3 Å². The van der Waals surface area contributed by atoms with E-state index in [1.807, 2.05) is 42.8 Å². The van der Waals surface area contributed by atoms with Crippen LogP contribution in [0.4, 0.5) is 5.69 Å². The number of amides is 1. The molecule has 0 fully saturated rings. The van der Waals surface area contributed by atoms with Gasteiger partial charge in [-0.25, -0.2) is 4.79 Å². The predicted molar refractivity (Wildman–Crippen MR) is 119 cm³/mol. The molecule has 1 amide bonds. The number of hydrogen-bond acceptors (Lipinski definition) is 7. The van der Waals surface area contributed by atoms with Crippen LogP contribution in [0.2, 0.25) is 0 Å². The van der Waals surface area contributed by atoms with Crippen LogP contribution in [0.5, 0.6) is 5.75 Å². The number of nitrogens with zero attached hydrogens (tertiary/aromatic N) is 3. The number of hydrogen-bond donors (Lipinski definition) is 1. The van der Waals surface area contributed by atoms with Gasteiger partial charge in [0.2, 0.25) is 5.91 Å². The molecule has 0 saturated carbocycles. The maximum Gasteiger partial charge on any atom is 0.338 e. The summed E-state index contributed by atoms with van der Waals surface area (Å²) in [6.07, 6.45) is 0. The van der Waals surface area contributed by atoms with Crippen LogP contribution in [0.25, 0.3) is 11.4 Å². The van der Waals surface area contributed by atoms with Gasteiger partial charge in [-0.1, -0.05) is 23.9 Å². The van der Waals surface area contributed by atoms with Crippen LogP contribution in [0, 0.1) is 0 Å². The van der Waals surface area contributed by atoms with Gasteiger partial charge in [0.15, 0.2) is 11.0 Å². The lowest BCUT2D eigenvalue weighted by Crippen LogP contribution is -2.14. The smallest absolute Gasteiger partial charge is 0.338 e. The molecule has 3 aromatic rings. The first-order chi connectivity index (χ1) is 15.0. The molecule has 9 heteroatoms. The molecule has 162 valence electrons. The normalized spacial score (nSPS) is 10.5. The molecule has 1 heterocycles. The predicted octanol–water partition coefficient (Wildman–Crippen LogP) is 3.79. The highest BCUT2D eigenvalue weighted by Crippen LogP contribution is 2.30. The van der Waals surface area contributed by atoms with Crippen LogP contribution in [-0.4, -0.2) is 45.6 Å². The Kier molecular flexibility index (Phi) is 7.66. The third kappa shape index (κ3) is 5.64. The van der Waals surface area contributed by atoms with Crippen molar-refractivity contribution in [1.82, 2.24) is 14.8 Å². The summed E-state index contributed by atoms with van der Waals surface area (Å²) in [6, 6.07) is 14.2. The van der Waals surface area contributed by atoms with E-state index < -0.39 is 0 Å². The van der Waals surface area contributed by atoms with E-state index in [4.69, 9.17) is 9.47 Å². The van der Waals surface area contributed by atoms with Crippen molar-refractivity contribution in [1.29, 1.82) is 0 Å². The molecule has 0 atom stereocenters. The monoisotopic (exact) mass is 440 g/mol. The van der Waals surface area contributed by atoms with Crippen molar-refractivity contribution >= 4 is 29.3 Å². The molecule has 0 bridgehead atoms. The van der Waals surface area contributed by atoms with Gasteiger partial charge in [0.25, 0.3) is 0 Å². The van der Waals surface area contributed by atoms with E-state index in [9.17, 15) is 9.59 Å². The minimum Gasteiger partial charge on any atom is -0.493 e. The summed E-state index contributed by atoms with van der Waals surface area (Å²) in [5, 5.41) is 11.9. The second-order valence-corrected chi connectivity index (χ2v) is 7.37. The first-order valence-corrected chi connectivity index (χ1v) is 10.8. The fourth-order valence-electron chi connectivity index (χ4n) is 2.84. The van der Waals surface area contributed by atoms with E-state index in [-0.39, 0.29) is 17.6 Å². The molecule has 0 spiro atoms. The lowest BCUT2D eigenvalue weighted by atomic mass is 10.2. The number of ether oxygens (including phenoxy) is 2. The van der Waals surface area contributed by atoms with E-state index in [0.29, 0.717) is 35.4 Å². The van der Waals surface area contributed by atoms with Gasteiger partial charge in [-0.05, 0) is 50.2 Å². The summed E-state index contributed by atoms with van der Waals surface area (Å²) >= 11 is 1.29. The Bertz CT molecular complexity index is 1050. The Morgan fingerprint density at radius 2 is 1.77 bits per heavy atom. The molecular formula is C22H24N4O4S. The topological polar surface area (TPSA) is 95.3 Å². The molecule has 0 aliphatic rings. The van der Waals surface area contributed by atoms with Gasteiger partial charge in [-0.2, -0.15) is 0 Å². The minimum atomic E-state index is -0.389. The van der Waals surface area contributed by atoms with Gasteiger partial charge in [-0.15, -0.1) is 10.2 Å². The summed E-state index contributed by atoms with van der Waals surface area (Å²) in [5.41, 5.74) is 1.88. The van der Waals surface area contributed by atoms with Crippen molar-refractivity contribution in [3.05, 3.63) is 54.1 Å². The van der Waals surface area contributed by atoms with Crippen LogP contribution >= 0.6 is 11.8 Å². The quantitative estimate of drug-likeness (QED) is 0.399. The molecule has 1 aromatic heterocycles. The second kappa shape index (κ2) is 10.6. The Hall–Kier alpha value is -3.33. The number of esters is 1. The molecule has 1 N–H and O–H groups in total. The Labute approximate surface area is 185 Å². The largest absolute Gasteiger partial charge is 0.493 e. The van der Waals surface area contributed by atoms with Gasteiger partial charge >= 0.3 is 5.97 Å². The number of benzene rings is 2. The third-order valence-electron chi connectivity index (χ3n) is 4.27. The fourth-order valence-corrected chi connectivity index (χ4v) is 3.55. The number of thioether (sulfide) groups is 1. The number of para-hydroxylation sites is 1. The number of aromatic nitrogens is 3.